The van der Waals surface area contributed by atoms with E-state index in [1.807, 2.05) is 6.08 Å². The maximum absolute atomic E-state index is 4.48. The zero-order valence-corrected chi connectivity index (χ0v) is 35.8. The Bertz CT molecular complexity index is 2870. The van der Waals surface area contributed by atoms with E-state index < -0.39 is 0 Å². The number of benzene rings is 8. The van der Waals surface area contributed by atoms with Crippen molar-refractivity contribution in [3.05, 3.63) is 103 Å². The molecule has 2 aliphatic rings. The number of fused-ring (bicyclic) bond motifs is 4. The number of unbranched alkanes of at least 4 members (excludes halogenated alkanes) is 6. The average Bonchev–Trinajstić information content (AvgIpc) is 4.02. The first-order chi connectivity index (χ1) is 29.1. The van der Waals surface area contributed by atoms with Crippen molar-refractivity contribution in [3.8, 4) is 0 Å². The first kappa shape index (κ1) is 38.1. The van der Waals surface area contributed by atoms with Crippen molar-refractivity contribution in [3.63, 3.8) is 0 Å². The van der Waals surface area contributed by atoms with Crippen molar-refractivity contribution in [2.75, 3.05) is 36.0 Å². The smallest absolute Gasteiger partial charge is 0.0452 e. The summed E-state index contributed by atoms with van der Waals surface area (Å²) in [5.41, 5.74) is 8.17. The Hall–Kier alpha value is -5.08. The molecule has 0 spiro atoms. The van der Waals surface area contributed by atoms with Crippen molar-refractivity contribution < 1.29 is 0 Å². The summed E-state index contributed by atoms with van der Waals surface area (Å²) in [7, 11) is 0. The van der Waals surface area contributed by atoms with E-state index in [0.717, 1.165) is 26.2 Å². The van der Waals surface area contributed by atoms with Gasteiger partial charge in [-0.3, -0.25) is 0 Å². The topological polar surface area (TPSA) is 6.48 Å². The predicted octanol–water partition coefficient (Wildman–Crippen LogP) is 16.8. The third-order valence-electron chi connectivity index (χ3n) is 14.7. The van der Waals surface area contributed by atoms with Crippen LogP contribution in [0.15, 0.2) is 80.4 Å². The third-order valence-corrected chi connectivity index (χ3v) is 14.7. The van der Waals surface area contributed by atoms with Gasteiger partial charge in [-0.05, 0) is 149 Å². The summed E-state index contributed by atoms with van der Waals surface area (Å²) in [5, 5.41) is 19.3. The molecule has 2 aliphatic heterocycles. The van der Waals surface area contributed by atoms with Crippen LogP contribution < -0.4 is 9.80 Å². The molecule has 2 heteroatoms. The molecule has 2 fully saturated rings. The molecule has 2 saturated heterocycles. The highest BCUT2D eigenvalue weighted by molar-refractivity contribution is 6.43. The van der Waals surface area contributed by atoms with Crippen LogP contribution in [0, 0.1) is 0 Å². The minimum absolute atomic E-state index is 0.543. The lowest BCUT2D eigenvalue weighted by atomic mass is 9.78. The van der Waals surface area contributed by atoms with Gasteiger partial charge in [0.05, 0.1) is 0 Å². The van der Waals surface area contributed by atoms with Crippen LogP contribution in [0.3, 0.4) is 0 Å². The fraction of sp³-hybridized carbons (Fsp3) is 0.368. The van der Waals surface area contributed by atoms with Gasteiger partial charge in [0.2, 0.25) is 0 Å². The van der Waals surface area contributed by atoms with Gasteiger partial charge in [-0.1, -0.05) is 152 Å². The molecular weight excluding hydrogens is 713 g/mol. The maximum atomic E-state index is 4.48. The van der Waals surface area contributed by atoms with Gasteiger partial charge >= 0.3 is 0 Å². The normalized spacial score (nSPS) is 15.0. The van der Waals surface area contributed by atoms with Gasteiger partial charge in [0.25, 0.3) is 0 Å². The second-order valence-electron chi connectivity index (χ2n) is 18.1. The summed E-state index contributed by atoms with van der Waals surface area (Å²) >= 11 is 0. The lowest BCUT2D eigenvalue weighted by Gasteiger charge is -2.31. The molecule has 59 heavy (non-hydrogen) atoms. The van der Waals surface area contributed by atoms with Gasteiger partial charge in [0.1, 0.15) is 0 Å². The molecule has 0 saturated carbocycles. The van der Waals surface area contributed by atoms with Crippen molar-refractivity contribution >= 4 is 105 Å². The van der Waals surface area contributed by atoms with Crippen molar-refractivity contribution in [1.82, 2.24) is 0 Å². The van der Waals surface area contributed by atoms with Crippen LogP contribution in [0.2, 0.25) is 0 Å². The number of anilines is 2. The second kappa shape index (κ2) is 15.8. The lowest BCUT2D eigenvalue weighted by molar-refractivity contribution is 0.498. The van der Waals surface area contributed by atoms with E-state index in [4.69, 9.17) is 0 Å². The second-order valence-corrected chi connectivity index (χ2v) is 18.1. The Morgan fingerprint density at radius 3 is 1.34 bits per heavy atom. The molecule has 0 bridgehead atoms. The largest absolute Gasteiger partial charge is 0.371 e. The first-order valence-corrected chi connectivity index (χ1v) is 23.4. The minimum Gasteiger partial charge on any atom is -0.371 e. The van der Waals surface area contributed by atoms with Crippen LogP contribution in [-0.2, 0) is 0 Å². The highest BCUT2D eigenvalue weighted by atomic mass is 15.1. The van der Waals surface area contributed by atoms with Crippen molar-refractivity contribution in [2.45, 2.75) is 110 Å². The molecule has 300 valence electrons. The monoisotopic (exact) mass is 774 g/mol. The Morgan fingerprint density at radius 2 is 0.864 bits per heavy atom. The zero-order valence-electron chi connectivity index (χ0n) is 35.8. The van der Waals surface area contributed by atoms with Gasteiger partial charge in [-0.15, -0.1) is 0 Å². The van der Waals surface area contributed by atoms with Crippen LogP contribution in [0.4, 0.5) is 11.4 Å². The van der Waals surface area contributed by atoms with Crippen LogP contribution in [0.25, 0.3) is 93.6 Å². The molecular formula is C57H62N2. The Morgan fingerprint density at radius 1 is 0.458 bits per heavy atom. The Balaban J connectivity index is 1.32. The quantitative estimate of drug-likeness (QED) is 0.0548. The van der Waals surface area contributed by atoms with Gasteiger partial charge in [-0.2, -0.15) is 0 Å². The Labute approximate surface area is 351 Å². The van der Waals surface area contributed by atoms with E-state index in [-0.39, 0.29) is 0 Å². The lowest BCUT2D eigenvalue weighted by Crippen LogP contribution is -2.21. The van der Waals surface area contributed by atoms with Crippen LogP contribution in [0.5, 0.6) is 0 Å². The fourth-order valence-corrected chi connectivity index (χ4v) is 11.9. The fourth-order valence-electron chi connectivity index (χ4n) is 11.9. The molecule has 0 N–H and O–H groups in total. The number of nitrogens with zero attached hydrogens (tertiary/aromatic N) is 2. The molecule has 0 aliphatic carbocycles. The minimum atomic E-state index is 0.543. The summed E-state index contributed by atoms with van der Waals surface area (Å²) in [6, 6.07) is 24.6. The average molecular weight is 775 g/mol. The Kier molecular flexibility index (Phi) is 10.2. The van der Waals surface area contributed by atoms with E-state index in [1.165, 1.54) is 193 Å². The van der Waals surface area contributed by atoms with Gasteiger partial charge < -0.3 is 9.80 Å². The van der Waals surface area contributed by atoms with Crippen LogP contribution >= 0.6 is 0 Å². The number of hydrogen-bond donors (Lipinski definition) is 0. The highest BCUT2D eigenvalue weighted by Crippen LogP contribution is 2.53. The molecule has 2 heterocycles. The summed E-state index contributed by atoms with van der Waals surface area (Å²) in [5.74, 6) is 0.543. The van der Waals surface area contributed by atoms with Gasteiger partial charge in [0.15, 0.2) is 0 Å². The number of rotatable bonds is 16. The summed E-state index contributed by atoms with van der Waals surface area (Å²) in [6.45, 7) is 22.3. The maximum Gasteiger partial charge on any atom is 0.0452 e. The van der Waals surface area contributed by atoms with Gasteiger partial charge in [-0.25, -0.2) is 0 Å². The van der Waals surface area contributed by atoms with Crippen molar-refractivity contribution in [2.24, 2.45) is 0 Å². The summed E-state index contributed by atoms with van der Waals surface area (Å²) < 4.78 is 0. The van der Waals surface area contributed by atoms with Crippen LogP contribution in [0.1, 0.15) is 132 Å². The highest BCUT2D eigenvalue weighted by Gasteiger charge is 2.29. The molecule has 0 radical (unpaired) electrons. The van der Waals surface area contributed by atoms with E-state index in [2.05, 4.69) is 116 Å². The van der Waals surface area contributed by atoms with E-state index in [1.54, 1.807) is 5.56 Å². The molecule has 0 amide bonds. The van der Waals surface area contributed by atoms with Crippen LogP contribution in [-0.4, -0.2) is 26.2 Å². The molecule has 0 atom stereocenters. The standard InChI is InChI=1S/C57H62N2/c1-6-11-13-15-21-39(22-16-14-12-7-2)52-50(59-33-19-20-34-59)36-48-46-30-29-45-47-35-49(58-31-17-18-32-58)40(10-5)51-37(8-3)23-25-41(56(47)51)43-27-28-44(55(46)54(43)45)42-26-24-38(9-4)53(52)57(42)48/h8-10,23-30,35-36,39H,3-7,11-22,31-34H2,1-2H3. The molecule has 8 aromatic rings. The first-order valence-electron chi connectivity index (χ1n) is 23.4. The predicted molar refractivity (Wildman–Crippen MR) is 265 cm³/mol. The number of hydrogen-bond acceptors (Lipinski definition) is 2. The van der Waals surface area contributed by atoms with E-state index in [9.17, 15) is 0 Å². The van der Waals surface area contributed by atoms with E-state index in [0.29, 0.717) is 5.92 Å². The third kappa shape index (κ3) is 6.02. The van der Waals surface area contributed by atoms with E-state index >= 15 is 0 Å². The molecule has 10 rings (SSSR count). The summed E-state index contributed by atoms with van der Waals surface area (Å²) in [4.78, 5) is 5.36. The molecule has 2 nitrogen and oxygen atoms in total. The molecule has 0 aromatic heterocycles. The van der Waals surface area contributed by atoms with Crippen molar-refractivity contribution in [1.29, 1.82) is 0 Å². The molecule has 0 unspecified atom stereocenters. The SMILES string of the molecule is C=Cc1ccc2c3ccc4c5ccc(C=C)c6c(C(CCCCCC)CCCCCC)c(N7CCCC7)cc(c7ccc(c8cc(N9CCCC9)c(C=C)c1c28)c3c47)c65. The van der Waals surface area contributed by atoms with Gasteiger partial charge in [0, 0.05) is 43.1 Å². The summed E-state index contributed by atoms with van der Waals surface area (Å²) in [6.07, 6.45) is 24.4. The zero-order chi connectivity index (χ0) is 40.2. The molecule has 8 aromatic carbocycles.